The molecule has 5 nitrogen and oxygen atoms in total. The minimum absolute atomic E-state index is 0.0487. The van der Waals surface area contributed by atoms with Gasteiger partial charge in [-0.2, -0.15) is 0 Å². The number of hydrogen-bond acceptors (Lipinski definition) is 4. The van der Waals surface area contributed by atoms with E-state index in [0.717, 1.165) is 25.3 Å². The normalized spacial score (nSPS) is 15.2. The van der Waals surface area contributed by atoms with Gasteiger partial charge in [0, 0.05) is 5.02 Å². The molecule has 1 aromatic rings. The lowest BCUT2D eigenvalue weighted by Crippen LogP contribution is -2.15. The summed E-state index contributed by atoms with van der Waals surface area (Å²) < 4.78 is 27.8. The minimum atomic E-state index is -4.06. The van der Waals surface area contributed by atoms with E-state index in [1.807, 2.05) is 0 Å². The van der Waals surface area contributed by atoms with E-state index in [1.54, 1.807) is 0 Å². The summed E-state index contributed by atoms with van der Waals surface area (Å²) >= 11 is 11.7. The molecule has 2 N–H and O–H groups in total. The second-order valence-corrected chi connectivity index (χ2v) is 7.02. The number of benzene rings is 1. The monoisotopic (exact) mass is 337 g/mol. The van der Waals surface area contributed by atoms with Crippen molar-refractivity contribution in [3.63, 3.8) is 0 Å². The van der Waals surface area contributed by atoms with Gasteiger partial charge in [0.1, 0.15) is 4.90 Å². The van der Waals surface area contributed by atoms with Crippen molar-refractivity contribution >= 4 is 39.2 Å². The van der Waals surface area contributed by atoms with Crippen molar-refractivity contribution < 1.29 is 17.9 Å². The molecule has 2 rings (SSSR count). The van der Waals surface area contributed by atoms with Crippen molar-refractivity contribution in [2.45, 2.75) is 24.2 Å². The third kappa shape index (κ3) is 3.85. The molecule has 1 aliphatic carbocycles. The fourth-order valence-corrected chi connectivity index (χ4v) is 3.17. The largest absolute Gasteiger partial charge is 0.462 e. The summed E-state index contributed by atoms with van der Waals surface area (Å²) in [6, 6.07) is 2.36. The molecule has 0 spiro atoms. The number of hydrogen-bond donors (Lipinski definition) is 1. The van der Waals surface area contributed by atoms with E-state index < -0.39 is 16.0 Å². The van der Waals surface area contributed by atoms with Crippen LogP contribution in [0.4, 0.5) is 0 Å². The van der Waals surface area contributed by atoms with Crippen molar-refractivity contribution in [2.24, 2.45) is 11.1 Å². The van der Waals surface area contributed by atoms with Gasteiger partial charge in [0.2, 0.25) is 10.0 Å². The average molecular weight is 338 g/mol. The van der Waals surface area contributed by atoms with Crippen LogP contribution >= 0.6 is 23.2 Å². The first-order valence-corrected chi connectivity index (χ1v) is 8.28. The SMILES string of the molecule is NS(=O)(=O)c1cc(Cl)cc(C(=O)OCCC2CC2)c1Cl. The first-order chi connectivity index (χ1) is 9.29. The van der Waals surface area contributed by atoms with Gasteiger partial charge in [-0.05, 0) is 24.5 Å². The number of ether oxygens (including phenoxy) is 1. The van der Waals surface area contributed by atoms with E-state index in [2.05, 4.69) is 0 Å². The third-order valence-corrected chi connectivity index (χ3v) is 4.66. The Bertz CT molecular complexity index is 641. The molecule has 1 saturated carbocycles. The molecule has 0 aromatic heterocycles. The van der Waals surface area contributed by atoms with E-state index in [-0.39, 0.29) is 27.1 Å². The van der Waals surface area contributed by atoms with Crippen molar-refractivity contribution in [1.82, 2.24) is 0 Å². The van der Waals surface area contributed by atoms with Crippen molar-refractivity contribution in [1.29, 1.82) is 0 Å². The molecule has 0 unspecified atom stereocenters. The average Bonchev–Trinajstić information content (AvgIpc) is 3.14. The highest BCUT2D eigenvalue weighted by Crippen LogP contribution is 2.33. The Morgan fingerprint density at radius 3 is 2.55 bits per heavy atom. The van der Waals surface area contributed by atoms with E-state index in [4.69, 9.17) is 33.1 Å². The molecule has 110 valence electrons. The van der Waals surface area contributed by atoms with Gasteiger partial charge in [-0.25, -0.2) is 18.4 Å². The highest BCUT2D eigenvalue weighted by atomic mass is 35.5. The Kier molecular flexibility index (Phi) is 4.59. The topological polar surface area (TPSA) is 86.5 Å². The zero-order valence-electron chi connectivity index (χ0n) is 10.4. The Balaban J connectivity index is 2.21. The van der Waals surface area contributed by atoms with E-state index in [1.165, 1.54) is 6.07 Å². The first-order valence-electron chi connectivity index (χ1n) is 5.98. The number of esters is 1. The van der Waals surface area contributed by atoms with Gasteiger partial charge in [-0.15, -0.1) is 0 Å². The molecule has 1 aromatic carbocycles. The molecule has 0 aliphatic heterocycles. The van der Waals surface area contributed by atoms with E-state index in [9.17, 15) is 13.2 Å². The molecule has 1 aliphatic rings. The summed E-state index contributed by atoms with van der Waals surface area (Å²) in [5.74, 6) is -0.0827. The van der Waals surface area contributed by atoms with Crippen LogP contribution < -0.4 is 5.14 Å². The van der Waals surface area contributed by atoms with Crippen LogP contribution in [0.1, 0.15) is 29.6 Å². The van der Waals surface area contributed by atoms with Crippen LogP contribution in [0.25, 0.3) is 0 Å². The van der Waals surface area contributed by atoms with E-state index >= 15 is 0 Å². The van der Waals surface area contributed by atoms with Crippen LogP contribution in [0, 0.1) is 5.92 Å². The Labute approximate surface area is 127 Å². The van der Waals surface area contributed by atoms with Crippen LogP contribution in [0.5, 0.6) is 0 Å². The van der Waals surface area contributed by atoms with Crippen molar-refractivity contribution in [3.8, 4) is 0 Å². The van der Waals surface area contributed by atoms with Gasteiger partial charge in [0.15, 0.2) is 0 Å². The van der Waals surface area contributed by atoms with Gasteiger partial charge >= 0.3 is 5.97 Å². The second kappa shape index (κ2) is 5.89. The molecule has 0 radical (unpaired) electrons. The fraction of sp³-hybridized carbons (Fsp3) is 0.417. The van der Waals surface area contributed by atoms with Crippen LogP contribution in [-0.4, -0.2) is 21.0 Å². The summed E-state index contributed by atoms with van der Waals surface area (Å²) in [6.45, 7) is 0.275. The van der Waals surface area contributed by atoms with Crippen LogP contribution in [0.2, 0.25) is 10.0 Å². The molecule has 0 bridgehead atoms. The van der Waals surface area contributed by atoms with Crippen molar-refractivity contribution in [2.75, 3.05) is 6.61 Å². The Hall–Kier alpha value is -0.820. The van der Waals surface area contributed by atoms with Crippen LogP contribution in [0.15, 0.2) is 17.0 Å². The van der Waals surface area contributed by atoms with Crippen molar-refractivity contribution in [3.05, 3.63) is 27.7 Å². The maximum Gasteiger partial charge on any atom is 0.339 e. The fourth-order valence-electron chi connectivity index (χ4n) is 1.72. The lowest BCUT2D eigenvalue weighted by Gasteiger charge is -2.09. The van der Waals surface area contributed by atoms with E-state index in [0.29, 0.717) is 5.92 Å². The number of nitrogens with two attached hydrogens (primary N) is 1. The standard InChI is InChI=1S/C12H13Cl2NO4S/c13-8-5-9(11(14)10(6-8)20(15,17)18)12(16)19-4-3-7-1-2-7/h5-7H,1-4H2,(H2,15,17,18). The zero-order chi connectivity index (χ0) is 14.9. The van der Waals surface area contributed by atoms with Crippen LogP contribution in [0.3, 0.4) is 0 Å². The molecule has 1 fully saturated rings. The summed E-state index contributed by atoms with van der Waals surface area (Å²) in [6.07, 6.45) is 3.11. The number of carbonyl (C=O) groups is 1. The summed E-state index contributed by atoms with van der Waals surface area (Å²) in [5, 5.41) is 4.80. The smallest absolute Gasteiger partial charge is 0.339 e. The second-order valence-electron chi connectivity index (χ2n) is 4.68. The predicted molar refractivity (Wildman–Crippen MR) is 75.5 cm³/mol. The molecular weight excluding hydrogens is 325 g/mol. The highest BCUT2D eigenvalue weighted by Gasteiger charge is 2.24. The quantitative estimate of drug-likeness (QED) is 0.836. The molecule has 0 amide bonds. The molecule has 8 heteroatoms. The molecule has 0 saturated heterocycles. The summed E-state index contributed by atoms with van der Waals surface area (Å²) in [5.41, 5.74) is -0.0982. The van der Waals surface area contributed by atoms with Gasteiger partial charge in [0.05, 0.1) is 17.2 Å². The lowest BCUT2D eigenvalue weighted by molar-refractivity contribution is 0.0495. The lowest BCUT2D eigenvalue weighted by atomic mass is 10.2. The predicted octanol–water partition coefficient (Wildman–Crippen LogP) is 2.60. The van der Waals surface area contributed by atoms with Gasteiger partial charge in [-0.3, -0.25) is 0 Å². The Morgan fingerprint density at radius 2 is 2.00 bits per heavy atom. The maximum atomic E-state index is 11.9. The summed E-state index contributed by atoms with van der Waals surface area (Å²) in [4.78, 5) is 11.5. The maximum absolute atomic E-state index is 11.9. The minimum Gasteiger partial charge on any atom is -0.462 e. The van der Waals surface area contributed by atoms with Gasteiger partial charge in [0.25, 0.3) is 0 Å². The molecular formula is C12H13Cl2NO4S. The number of halogens is 2. The number of carbonyl (C=O) groups excluding carboxylic acids is 1. The highest BCUT2D eigenvalue weighted by molar-refractivity contribution is 7.89. The zero-order valence-corrected chi connectivity index (χ0v) is 12.8. The van der Waals surface area contributed by atoms with Gasteiger partial charge in [-0.1, -0.05) is 36.0 Å². The first kappa shape index (κ1) is 15.6. The molecule has 0 atom stereocenters. The summed E-state index contributed by atoms with van der Waals surface area (Å²) in [7, 11) is -4.06. The molecule has 0 heterocycles. The number of rotatable bonds is 5. The third-order valence-electron chi connectivity index (χ3n) is 2.99. The number of sulfonamides is 1. The van der Waals surface area contributed by atoms with Crippen LogP contribution in [-0.2, 0) is 14.8 Å². The molecule has 20 heavy (non-hydrogen) atoms. The Morgan fingerprint density at radius 1 is 1.35 bits per heavy atom. The number of primary sulfonamides is 1. The van der Waals surface area contributed by atoms with Gasteiger partial charge < -0.3 is 4.74 Å².